The minimum atomic E-state index is -4.85. The van der Waals surface area contributed by atoms with Crippen LogP contribution in [0.5, 0.6) is 0 Å². The number of benzene rings is 2. The summed E-state index contributed by atoms with van der Waals surface area (Å²) in [5.41, 5.74) is 5.53. The largest absolute Gasteiger partial charge is 0.419 e. The van der Waals surface area contributed by atoms with Crippen molar-refractivity contribution in [1.29, 1.82) is 0 Å². The van der Waals surface area contributed by atoms with Gasteiger partial charge in [-0.3, -0.25) is 9.59 Å². The van der Waals surface area contributed by atoms with Gasteiger partial charge in [0.1, 0.15) is 5.82 Å². The highest BCUT2D eigenvalue weighted by atomic mass is 19.4. The first kappa shape index (κ1) is 26.0. The molecule has 12 heteroatoms. The van der Waals surface area contributed by atoms with E-state index in [0.29, 0.717) is 29.9 Å². The third-order valence-corrected chi connectivity index (χ3v) is 5.86. The highest BCUT2D eigenvalue weighted by Crippen LogP contribution is 2.32. The van der Waals surface area contributed by atoms with Crippen molar-refractivity contribution in [3.05, 3.63) is 76.9 Å². The molecule has 4 rings (SSSR count). The second-order valence-electron chi connectivity index (χ2n) is 8.58. The molecule has 37 heavy (non-hydrogen) atoms. The highest BCUT2D eigenvalue weighted by molar-refractivity contribution is 5.97. The summed E-state index contributed by atoms with van der Waals surface area (Å²) >= 11 is 0. The molecule has 0 spiro atoms. The van der Waals surface area contributed by atoms with Crippen LogP contribution in [-0.4, -0.2) is 40.9 Å². The number of aromatic nitrogens is 2. The van der Waals surface area contributed by atoms with E-state index >= 15 is 0 Å². The number of nitrogen functional groups attached to an aromatic ring is 1. The maximum atomic E-state index is 13.5. The summed E-state index contributed by atoms with van der Waals surface area (Å²) in [5, 5.41) is 8.62. The molecule has 0 radical (unpaired) electrons. The molecule has 1 saturated heterocycles. The maximum Gasteiger partial charge on any atom is 0.419 e. The molecule has 0 unspecified atom stereocenters. The standard InChI is InChI=1S/C25H24F4N6O2/c26-19-7-6-14(9-18(19)25(27,28)29)11-33-23(36)16-4-1-3-15(10-16)20-13-32-22(30)21(35-20)24(37)34-17-5-2-8-31-12-17/h1,3-4,6-7,9-10,13,17,31H,2,5,8,11-12H2,(H2,30,32)(H,33,36)(H,34,37)/t17-/m0/s1. The Kier molecular flexibility index (Phi) is 7.67. The predicted octanol–water partition coefficient (Wildman–Crippen LogP) is 3.30. The van der Waals surface area contributed by atoms with E-state index in [0.717, 1.165) is 19.4 Å². The molecule has 2 amide bonds. The monoisotopic (exact) mass is 516 g/mol. The number of piperidine rings is 1. The van der Waals surface area contributed by atoms with Gasteiger partial charge < -0.3 is 21.7 Å². The summed E-state index contributed by atoms with van der Waals surface area (Å²) < 4.78 is 52.3. The van der Waals surface area contributed by atoms with Crippen molar-refractivity contribution in [3.63, 3.8) is 0 Å². The molecule has 1 aromatic heterocycles. The molecule has 3 aromatic rings. The summed E-state index contributed by atoms with van der Waals surface area (Å²) in [6.07, 6.45) is -1.70. The Morgan fingerprint density at radius 3 is 2.68 bits per heavy atom. The topological polar surface area (TPSA) is 122 Å². The molecular formula is C25H24F4N6O2. The molecular weight excluding hydrogens is 492 g/mol. The number of halogens is 4. The van der Waals surface area contributed by atoms with E-state index < -0.39 is 29.4 Å². The van der Waals surface area contributed by atoms with Crippen LogP contribution >= 0.6 is 0 Å². The Hall–Kier alpha value is -4.06. The molecule has 1 atom stereocenters. The molecule has 1 fully saturated rings. The van der Waals surface area contributed by atoms with Crippen LogP contribution in [0.3, 0.4) is 0 Å². The zero-order chi connectivity index (χ0) is 26.6. The number of anilines is 1. The van der Waals surface area contributed by atoms with Crippen LogP contribution in [-0.2, 0) is 12.7 Å². The normalized spacial score (nSPS) is 15.7. The first-order chi connectivity index (χ1) is 17.6. The van der Waals surface area contributed by atoms with Gasteiger partial charge in [0.05, 0.1) is 17.5 Å². The van der Waals surface area contributed by atoms with Gasteiger partial charge >= 0.3 is 6.18 Å². The van der Waals surface area contributed by atoms with E-state index in [-0.39, 0.29) is 35.2 Å². The minimum Gasteiger partial charge on any atom is -0.382 e. The second-order valence-corrected chi connectivity index (χ2v) is 8.58. The van der Waals surface area contributed by atoms with E-state index in [1.807, 2.05) is 0 Å². The lowest BCUT2D eigenvalue weighted by atomic mass is 10.1. The fraction of sp³-hybridized carbons (Fsp3) is 0.280. The van der Waals surface area contributed by atoms with Gasteiger partial charge in [0.2, 0.25) is 0 Å². The first-order valence-corrected chi connectivity index (χ1v) is 11.5. The van der Waals surface area contributed by atoms with Gasteiger partial charge in [-0.2, -0.15) is 13.2 Å². The Bertz CT molecular complexity index is 1310. The van der Waals surface area contributed by atoms with Crippen LogP contribution < -0.4 is 21.7 Å². The van der Waals surface area contributed by atoms with Gasteiger partial charge in [-0.1, -0.05) is 18.2 Å². The SMILES string of the molecule is Nc1ncc(-c2cccc(C(=O)NCc3ccc(F)c(C(F)(F)F)c3)c2)nc1C(=O)N[C@H]1CCCNC1. The number of hydrogen-bond donors (Lipinski definition) is 4. The molecule has 1 aliphatic heterocycles. The van der Waals surface area contributed by atoms with E-state index in [1.54, 1.807) is 12.1 Å². The fourth-order valence-electron chi connectivity index (χ4n) is 3.94. The zero-order valence-corrected chi connectivity index (χ0v) is 19.5. The quantitative estimate of drug-likeness (QED) is 0.373. The van der Waals surface area contributed by atoms with Crippen molar-refractivity contribution < 1.29 is 27.2 Å². The molecule has 2 aromatic carbocycles. The number of nitrogens with two attached hydrogens (primary N) is 1. The molecule has 194 valence electrons. The molecule has 1 aliphatic rings. The zero-order valence-electron chi connectivity index (χ0n) is 19.5. The minimum absolute atomic E-state index is 0.0311. The van der Waals surface area contributed by atoms with E-state index in [2.05, 4.69) is 25.9 Å². The van der Waals surface area contributed by atoms with Gasteiger partial charge in [0, 0.05) is 30.3 Å². The number of rotatable bonds is 6. The van der Waals surface area contributed by atoms with Gasteiger partial charge in [-0.05, 0) is 49.2 Å². The van der Waals surface area contributed by atoms with Gasteiger partial charge in [0.25, 0.3) is 11.8 Å². The van der Waals surface area contributed by atoms with Crippen LogP contribution in [0.2, 0.25) is 0 Å². The summed E-state index contributed by atoms with van der Waals surface area (Å²) in [4.78, 5) is 33.8. The molecule has 0 bridgehead atoms. The predicted molar refractivity (Wildman–Crippen MR) is 128 cm³/mol. The lowest BCUT2D eigenvalue weighted by molar-refractivity contribution is -0.140. The highest BCUT2D eigenvalue weighted by Gasteiger charge is 2.34. The summed E-state index contributed by atoms with van der Waals surface area (Å²) in [6.45, 7) is 1.30. The molecule has 2 heterocycles. The van der Waals surface area contributed by atoms with E-state index in [1.165, 1.54) is 24.4 Å². The number of amides is 2. The van der Waals surface area contributed by atoms with E-state index in [4.69, 9.17) is 5.73 Å². The maximum absolute atomic E-state index is 13.5. The third kappa shape index (κ3) is 6.39. The van der Waals surface area contributed by atoms with Gasteiger partial charge in [-0.25, -0.2) is 14.4 Å². The Morgan fingerprint density at radius 2 is 1.95 bits per heavy atom. The number of nitrogens with one attached hydrogen (secondary N) is 3. The van der Waals surface area contributed by atoms with Crippen LogP contribution in [0.15, 0.2) is 48.7 Å². The number of hydrogen-bond acceptors (Lipinski definition) is 6. The van der Waals surface area contributed by atoms with Crippen molar-refractivity contribution in [3.8, 4) is 11.3 Å². The van der Waals surface area contributed by atoms with Crippen molar-refractivity contribution in [2.45, 2.75) is 31.6 Å². The lowest BCUT2D eigenvalue weighted by Crippen LogP contribution is -2.46. The van der Waals surface area contributed by atoms with Crippen molar-refractivity contribution in [1.82, 2.24) is 25.9 Å². The number of carbonyl (C=O) groups excluding carboxylic acids is 2. The van der Waals surface area contributed by atoms with Crippen LogP contribution in [0.1, 0.15) is 44.8 Å². The van der Waals surface area contributed by atoms with Crippen LogP contribution in [0, 0.1) is 5.82 Å². The first-order valence-electron chi connectivity index (χ1n) is 11.5. The average Bonchev–Trinajstić information content (AvgIpc) is 2.88. The second kappa shape index (κ2) is 10.9. The molecule has 0 saturated carbocycles. The molecule has 8 nitrogen and oxygen atoms in total. The lowest BCUT2D eigenvalue weighted by Gasteiger charge is -2.23. The Balaban J connectivity index is 1.48. The smallest absolute Gasteiger partial charge is 0.382 e. The fourth-order valence-corrected chi connectivity index (χ4v) is 3.94. The van der Waals surface area contributed by atoms with Crippen molar-refractivity contribution in [2.75, 3.05) is 18.8 Å². The summed E-state index contributed by atoms with van der Waals surface area (Å²) in [6, 6.07) is 8.77. The summed E-state index contributed by atoms with van der Waals surface area (Å²) in [5.74, 6) is -2.43. The van der Waals surface area contributed by atoms with Crippen LogP contribution in [0.25, 0.3) is 11.3 Å². The average molecular weight is 516 g/mol. The number of alkyl halides is 3. The number of carbonyl (C=O) groups is 2. The van der Waals surface area contributed by atoms with Crippen LogP contribution in [0.4, 0.5) is 23.4 Å². The van der Waals surface area contributed by atoms with Crippen molar-refractivity contribution >= 4 is 17.6 Å². The Labute approximate surface area is 209 Å². The van der Waals surface area contributed by atoms with E-state index in [9.17, 15) is 27.2 Å². The molecule has 5 N–H and O–H groups in total. The van der Waals surface area contributed by atoms with Gasteiger partial charge in [0.15, 0.2) is 11.5 Å². The third-order valence-electron chi connectivity index (χ3n) is 5.86. The number of nitrogens with zero attached hydrogens (tertiary/aromatic N) is 2. The molecule has 0 aliphatic carbocycles. The summed E-state index contributed by atoms with van der Waals surface area (Å²) in [7, 11) is 0. The van der Waals surface area contributed by atoms with Gasteiger partial charge in [-0.15, -0.1) is 0 Å². The Morgan fingerprint density at radius 1 is 1.14 bits per heavy atom. The van der Waals surface area contributed by atoms with Crippen molar-refractivity contribution in [2.24, 2.45) is 0 Å².